The molecule has 0 aliphatic rings. The molecule has 6 heteroatoms. The van der Waals surface area contributed by atoms with Crippen molar-refractivity contribution in [3.8, 4) is 0 Å². The summed E-state index contributed by atoms with van der Waals surface area (Å²) in [4.78, 5) is 38.0. The van der Waals surface area contributed by atoms with E-state index >= 15 is 0 Å². The average molecular weight is 1110 g/mol. The third kappa shape index (κ3) is 64.9. The minimum absolute atomic E-state index is 0.0943. The van der Waals surface area contributed by atoms with E-state index in [0.717, 1.165) is 103 Å². The number of unbranched alkanes of at least 4 members (excludes halogenated alkanes) is 32. The Kier molecular flexibility index (Phi) is 64.3. The lowest BCUT2D eigenvalue weighted by molar-refractivity contribution is -0.167. The highest BCUT2D eigenvalue weighted by Gasteiger charge is 2.19. The second kappa shape index (κ2) is 67.6. The van der Waals surface area contributed by atoms with Gasteiger partial charge in [0.2, 0.25) is 0 Å². The van der Waals surface area contributed by atoms with Gasteiger partial charge in [0.15, 0.2) is 6.10 Å². The van der Waals surface area contributed by atoms with Crippen LogP contribution in [-0.2, 0) is 28.6 Å². The smallest absolute Gasteiger partial charge is 0.306 e. The van der Waals surface area contributed by atoms with Gasteiger partial charge >= 0.3 is 17.9 Å². The van der Waals surface area contributed by atoms with Crippen LogP contribution in [-0.4, -0.2) is 37.2 Å². The summed E-state index contributed by atoms with van der Waals surface area (Å²) >= 11 is 0. The second-order valence-electron chi connectivity index (χ2n) is 22.4. The summed E-state index contributed by atoms with van der Waals surface area (Å²) in [5.41, 5.74) is 0. The Hall–Kier alpha value is -3.93. The molecule has 0 aromatic carbocycles. The van der Waals surface area contributed by atoms with Crippen LogP contribution in [0.2, 0.25) is 0 Å². The maximum Gasteiger partial charge on any atom is 0.306 e. The molecule has 1 unspecified atom stereocenters. The Labute approximate surface area is 495 Å². The van der Waals surface area contributed by atoms with E-state index in [1.165, 1.54) is 173 Å². The summed E-state index contributed by atoms with van der Waals surface area (Å²) < 4.78 is 16.8. The fourth-order valence-electron chi connectivity index (χ4n) is 9.45. The van der Waals surface area contributed by atoms with Gasteiger partial charge in [0.1, 0.15) is 13.2 Å². The van der Waals surface area contributed by atoms with Crippen LogP contribution in [0.25, 0.3) is 0 Å². The zero-order valence-electron chi connectivity index (χ0n) is 52.6. The van der Waals surface area contributed by atoms with Crippen LogP contribution in [0.5, 0.6) is 0 Å². The van der Waals surface area contributed by atoms with Crippen molar-refractivity contribution in [2.45, 2.75) is 329 Å². The monoisotopic (exact) mass is 1110 g/mol. The summed E-state index contributed by atoms with van der Waals surface area (Å²) in [7, 11) is 0. The summed E-state index contributed by atoms with van der Waals surface area (Å²) in [6.45, 7) is 6.45. The minimum Gasteiger partial charge on any atom is -0.462 e. The summed E-state index contributed by atoms with van der Waals surface area (Å²) in [6.07, 6.45) is 93.0. The first kappa shape index (κ1) is 76.1. The van der Waals surface area contributed by atoms with Crippen molar-refractivity contribution in [2.75, 3.05) is 13.2 Å². The van der Waals surface area contributed by atoms with Gasteiger partial charge in [-0.3, -0.25) is 14.4 Å². The van der Waals surface area contributed by atoms with E-state index in [1.807, 2.05) is 0 Å². The molecule has 0 fully saturated rings. The zero-order chi connectivity index (χ0) is 57.8. The molecule has 0 saturated heterocycles. The molecule has 0 heterocycles. The van der Waals surface area contributed by atoms with Gasteiger partial charge in [-0.1, -0.05) is 304 Å². The fraction of sp³-hybridized carbons (Fsp3) is 0.716. The standard InChI is InChI=1S/C74H126O6/c1-4-7-10-13-16-18-20-22-24-26-28-30-32-34-36-37-39-40-42-44-46-48-50-52-54-56-58-61-64-67-73(76)79-70-71(69-78-72(75)66-63-60-15-12-9-6-3)80-74(77)68-65-62-59-57-55-53-51-49-47-45-43-41-38-35-33-31-29-27-25-23-21-19-17-14-11-8-5-2/h8,11,17,19,23,25-26,28-29,31,35,38,43,45,49,51,55,57,71H,4-7,9-10,12-16,18,20-22,24,27,30,32-34,36-37,39-42,44,46-48,50,52-54,56,58-70H2,1-3H3/b11-8-,19-17-,25-23-,28-26-,31-29-,38-35-,45-43-,51-49-,57-55-. The average Bonchev–Trinajstić information content (AvgIpc) is 3.46. The van der Waals surface area contributed by atoms with Crippen molar-refractivity contribution in [1.82, 2.24) is 0 Å². The Bertz CT molecular complexity index is 1610. The van der Waals surface area contributed by atoms with Crippen molar-refractivity contribution in [2.24, 2.45) is 0 Å². The molecular formula is C74H126O6. The number of hydrogen-bond donors (Lipinski definition) is 0. The van der Waals surface area contributed by atoms with Crippen LogP contribution in [0.4, 0.5) is 0 Å². The molecule has 0 N–H and O–H groups in total. The third-order valence-corrected chi connectivity index (χ3v) is 14.5. The lowest BCUT2D eigenvalue weighted by Gasteiger charge is -2.18. The Balaban J connectivity index is 4.13. The first-order valence-electron chi connectivity index (χ1n) is 33.9. The molecular weight excluding hydrogens is 985 g/mol. The predicted molar refractivity (Wildman–Crippen MR) is 348 cm³/mol. The number of carbonyl (C=O) groups is 3. The van der Waals surface area contributed by atoms with E-state index in [4.69, 9.17) is 14.2 Å². The van der Waals surface area contributed by atoms with Gasteiger partial charge in [0, 0.05) is 19.3 Å². The molecule has 6 nitrogen and oxygen atoms in total. The Morgan fingerprint density at radius 2 is 0.487 bits per heavy atom. The van der Waals surface area contributed by atoms with Gasteiger partial charge in [0.05, 0.1) is 0 Å². The van der Waals surface area contributed by atoms with E-state index < -0.39 is 6.10 Å². The van der Waals surface area contributed by atoms with Crippen LogP contribution in [0.3, 0.4) is 0 Å². The third-order valence-electron chi connectivity index (χ3n) is 14.5. The zero-order valence-corrected chi connectivity index (χ0v) is 52.6. The van der Waals surface area contributed by atoms with Crippen LogP contribution in [0.15, 0.2) is 109 Å². The van der Waals surface area contributed by atoms with E-state index in [0.29, 0.717) is 19.3 Å². The normalized spacial score (nSPS) is 12.8. The SMILES string of the molecule is CC/C=C\C/C=C\C/C=C\C/C=C\C/C=C\C/C=C\C/C=C\C/C=C\CCCCC(=O)OC(COC(=O)CCCCCCCC)COC(=O)CCCCCCCCCCCCCCCCCCC/C=C\CCCCCCCCCC. The number of allylic oxidation sites excluding steroid dienone is 18. The highest BCUT2D eigenvalue weighted by Crippen LogP contribution is 2.17. The van der Waals surface area contributed by atoms with Crippen LogP contribution in [0.1, 0.15) is 323 Å². The highest BCUT2D eigenvalue weighted by molar-refractivity contribution is 5.71. The molecule has 1 atom stereocenters. The summed E-state index contributed by atoms with van der Waals surface area (Å²) in [5, 5.41) is 0. The first-order valence-corrected chi connectivity index (χ1v) is 33.9. The lowest BCUT2D eigenvalue weighted by atomic mass is 10.0. The minimum atomic E-state index is -0.800. The van der Waals surface area contributed by atoms with E-state index in [9.17, 15) is 14.4 Å². The maximum atomic E-state index is 12.8. The molecule has 0 saturated carbocycles. The number of rotatable bonds is 61. The van der Waals surface area contributed by atoms with Crippen LogP contribution in [0, 0.1) is 0 Å². The van der Waals surface area contributed by atoms with Crippen LogP contribution >= 0.6 is 0 Å². The molecule has 0 rings (SSSR count). The molecule has 0 bridgehead atoms. The number of hydrogen-bond acceptors (Lipinski definition) is 6. The van der Waals surface area contributed by atoms with E-state index in [-0.39, 0.29) is 37.5 Å². The molecule has 0 aromatic heterocycles. The molecule has 0 aliphatic carbocycles. The number of ether oxygens (including phenoxy) is 3. The Morgan fingerprint density at radius 1 is 0.263 bits per heavy atom. The fourth-order valence-corrected chi connectivity index (χ4v) is 9.45. The van der Waals surface area contributed by atoms with Crippen molar-refractivity contribution in [1.29, 1.82) is 0 Å². The van der Waals surface area contributed by atoms with Crippen molar-refractivity contribution < 1.29 is 28.6 Å². The highest BCUT2D eigenvalue weighted by atomic mass is 16.6. The Morgan fingerprint density at radius 3 is 0.800 bits per heavy atom. The molecule has 458 valence electrons. The molecule has 0 amide bonds. The van der Waals surface area contributed by atoms with E-state index in [2.05, 4.69) is 130 Å². The maximum absolute atomic E-state index is 12.8. The second-order valence-corrected chi connectivity index (χ2v) is 22.4. The van der Waals surface area contributed by atoms with Crippen molar-refractivity contribution in [3.63, 3.8) is 0 Å². The molecule has 0 aromatic rings. The molecule has 80 heavy (non-hydrogen) atoms. The topological polar surface area (TPSA) is 78.9 Å². The molecule has 0 spiro atoms. The van der Waals surface area contributed by atoms with Crippen LogP contribution < -0.4 is 0 Å². The predicted octanol–water partition coefficient (Wildman–Crippen LogP) is 23.4. The van der Waals surface area contributed by atoms with E-state index in [1.54, 1.807) is 0 Å². The summed E-state index contributed by atoms with van der Waals surface area (Å²) in [6, 6.07) is 0. The number of esters is 3. The van der Waals surface area contributed by atoms with Crippen molar-refractivity contribution >= 4 is 17.9 Å². The van der Waals surface area contributed by atoms with Gasteiger partial charge in [-0.15, -0.1) is 0 Å². The quantitative estimate of drug-likeness (QED) is 0.0261. The van der Waals surface area contributed by atoms with Gasteiger partial charge in [0.25, 0.3) is 0 Å². The number of carbonyl (C=O) groups excluding carboxylic acids is 3. The lowest BCUT2D eigenvalue weighted by Crippen LogP contribution is -2.30. The van der Waals surface area contributed by atoms with Gasteiger partial charge in [-0.25, -0.2) is 0 Å². The first-order chi connectivity index (χ1) is 39.5. The van der Waals surface area contributed by atoms with Crippen molar-refractivity contribution in [3.05, 3.63) is 109 Å². The molecule has 0 aliphatic heterocycles. The van der Waals surface area contributed by atoms with Gasteiger partial charge in [-0.2, -0.15) is 0 Å². The largest absolute Gasteiger partial charge is 0.462 e. The molecule has 0 radical (unpaired) electrons. The van der Waals surface area contributed by atoms with Gasteiger partial charge in [-0.05, 0) is 109 Å². The summed E-state index contributed by atoms with van der Waals surface area (Å²) in [5.74, 6) is -0.941. The van der Waals surface area contributed by atoms with Gasteiger partial charge < -0.3 is 14.2 Å².